The number of fused-ring (bicyclic) bond motifs is 1. The fourth-order valence-electron chi connectivity index (χ4n) is 4.87. The van der Waals surface area contributed by atoms with E-state index in [4.69, 9.17) is 19.2 Å². The van der Waals surface area contributed by atoms with E-state index in [1.807, 2.05) is 43.9 Å². The molecule has 2 aliphatic rings. The van der Waals surface area contributed by atoms with Crippen molar-refractivity contribution < 1.29 is 19.0 Å². The molecule has 3 heterocycles. The molecule has 0 spiro atoms. The Hall–Kier alpha value is -2.70. The van der Waals surface area contributed by atoms with Crippen LogP contribution in [0.15, 0.2) is 24.4 Å². The zero-order valence-corrected chi connectivity index (χ0v) is 19.9. The Morgan fingerprint density at radius 1 is 1.00 bits per heavy atom. The van der Waals surface area contributed by atoms with Crippen molar-refractivity contribution in [3.05, 3.63) is 30.2 Å². The van der Waals surface area contributed by atoms with Crippen molar-refractivity contribution in [2.45, 2.75) is 58.6 Å². The van der Waals surface area contributed by atoms with Crippen molar-refractivity contribution in [3.63, 3.8) is 0 Å². The number of imidazole rings is 1. The van der Waals surface area contributed by atoms with E-state index in [1.54, 1.807) is 14.2 Å². The minimum absolute atomic E-state index is 0.185. The van der Waals surface area contributed by atoms with Gasteiger partial charge in [-0.3, -0.25) is 0 Å². The monoisotopic (exact) mass is 441 g/mol. The van der Waals surface area contributed by atoms with E-state index in [2.05, 4.69) is 10.8 Å². The largest absolute Gasteiger partial charge is 0.493 e. The Morgan fingerprint density at radius 3 is 2.34 bits per heavy atom. The Morgan fingerprint density at radius 2 is 1.69 bits per heavy atom. The molecule has 1 atom stereocenters. The molecule has 7 heteroatoms. The van der Waals surface area contributed by atoms with E-state index < -0.39 is 5.60 Å². The third-order valence-electron chi connectivity index (χ3n) is 6.58. The fraction of sp³-hybridized carbons (Fsp3) is 0.600. The minimum atomic E-state index is -0.444. The molecule has 0 radical (unpaired) electrons. The van der Waals surface area contributed by atoms with Crippen LogP contribution in [-0.4, -0.2) is 53.5 Å². The summed E-state index contributed by atoms with van der Waals surface area (Å²) in [5, 5.41) is 0. The van der Waals surface area contributed by atoms with Crippen molar-refractivity contribution >= 4 is 6.09 Å². The van der Waals surface area contributed by atoms with Gasteiger partial charge < -0.3 is 23.7 Å². The molecule has 32 heavy (non-hydrogen) atoms. The summed E-state index contributed by atoms with van der Waals surface area (Å²) in [7, 11) is 3.30. The third-order valence-corrected chi connectivity index (χ3v) is 6.58. The third kappa shape index (κ3) is 4.87. The second-order valence-corrected chi connectivity index (χ2v) is 9.86. The SMILES string of the molecule is COc1ccc(-c2cn3c(n2)CC(C2CCN(C(=O)OC(C)(C)C)CC2)CC3)cc1OC. The summed E-state index contributed by atoms with van der Waals surface area (Å²) in [5.74, 6) is 3.83. The number of hydrogen-bond donors (Lipinski definition) is 0. The van der Waals surface area contributed by atoms with E-state index in [0.29, 0.717) is 17.6 Å². The van der Waals surface area contributed by atoms with Crippen molar-refractivity contribution in [3.8, 4) is 22.8 Å². The first-order valence-corrected chi connectivity index (χ1v) is 11.5. The van der Waals surface area contributed by atoms with Crippen molar-refractivity contribution in [2.75, 3.05) is 27.3 Å². The van der Waals surface area contributed by atoms with E-state index >= 15 is 0 Å². The highest BCUT2D eigenvalue weighted by Gasteiger charge is 2.33. The van der Waals surface area contributed by atoms with Crippen LogP contribution in [0.5, 0.6) is 11.5 Å². The second kappa shape index (κ2) is 9.04. The van der Waals surface area contributed by atoms with Gasteiger partial charge in [-0.05, 0) is 70.1 Å². The molecule has 4 rings (SSSR count). The zero-order valence-electron chi connectivity index (χ0n) is 19.9. The number of amides is 1. The van der Waals surface area contributed by atoms with Gasteiger partial charge >= 0.3 is 6.09 Å². The van der Waals surface area contributed by atoms with Gasteiger partial charge in [0.25, 0.3) is 0 Å². The lowest BCUT2D eigenvalue weighted by Crippen LogP contribution is -2.43. The van der Waals surface area contributed by atoms with Gasteiger partial charge in [-0.15, -0.1) is 0 Å². The zero-order chi connectivity index (χ0) is 22.9. The number of nitrogens with zero attached hydrogens (tertiary/aromatic N) is 3. The number of likely N-dealkylation sites (tertiary alicyclic amines) is 1. The van der Waals surface area contributed by atoms with E-state index in [1.165, 1.54) is 0 Å². The molecule has 174 valence electrons. The molecular formula is C25H35N3O4. The van der Waals surface area contributed by atoms with Crippen LogP contribution in [0, 0.1) is 11.8 Å². The molecule has 1 amide bonds. The van der Waals surface area contributed by atoms with Crippen LogP contribution in [0.25, 0.3) is 11.3 Å². The molecule has 0 N–H and O–H groups in total. The number of hydrogen-bond acceptors (Lipinski definition) is 5. The average Bonchev–Trinajstić information content (AvgIpc) is 3.21. The van der Waals surface area contributed by atoms with Crippen LogP contribution in [0.1, 0.15) is 45.9 Å². The van der Waals surface area contributed by atoms with Crippen LogP contribution >= 0.6 is 0 Å². The summed E-state index contributed by atoms with van der Waals surface area (Å²) in [4.78, 5) is 19.2. The fourth-order valence-corrected chi connectivity index (χ4v) is 4.87. The summed E-state index contributed by atoms with van der Waals surface area (Å²) in [6.45, 7) is 8.30. The maximum atomic E-state index is 12.4. The highest BCUT2D eigenvalue weighted by atomic mass is 16.6. The molecular weight excluding hydrogens is 406 g/mol. The molecule has 2 aliphatic heterocycles. The van der Waals surface area contributed by atoms with Crippen LogP contribution in [-0.2, 0) is 17.7 Å². The van der Waals surface area contributed by atoms with Gasteiger partial charge in [0.15, 0.2) is 11.5 Å². The van der Waals surface area contributed by atoms with Gasteiger partial charge in [-0.25, -0.2) is 9.78 Å². The van der Waals surface area contributed by atoms with Crippen LogP contribution in [0.4, 0.5) is 4.79 Å². The quantitative estimate of drug-likeness (QED) is 0.683. The van der Waals surface area contributed by atoms with Crippen LogP contribution in [0.3, 0.4) is 0 Å². The second-order valence-electron chi connectivity index (χ2n) is 9.86. The number of rotatable bonds is 4. The van der Waals surface area contributed by atoms with Gasteiger partial charge in [-0.2, -0.15) is 0 Å². The molecule has 1 saturated heterocycles. The predicted molar refractivity (Wildman–Crippen MR) is 123 cm³/mol. The molecule has 1 fully saturated rings. The van der Waals surface area contributed by atoms with Gasteiger partial charge in [0.1, 0.15) is 11.4 Å². The molecule has 1 aromatic heterocycles. The Labute approximate surface area is 190 Å². The molecule has 7 nitrogen and oxygen atoms in total. The first kappa shape index (κ1) is 22.5. The number of carbonyl (C=O) groups is 1. The topological polar surface area (TPSA) is 65.8 Å². The Balaban J connectivity index is 1.39. The maximum absolute atomic E-state index is 12.4. The minimum Gasteiger partial charge on any atom is -0.493 e. The summed E-state index contributed by atoms with van der Waals surface area (Å²) < 4.78 is 18.6. The summed E-state index contributed by atoms with van der Waals surface area (Å²) >= 11 is 0. The average molecular weight is 442 g/mol. The van der Waals surface area contributed by atoms with Gasteiger partial charge in [-0.1, -0.05) is 0 Å². The number of carbonyl (C=O) groups excluding carboxylic acids is 1. The van der Waals surface area contributed by atoms with Gasteiger partial charge in [0.2, 0.25) is 0 Å². The summed E-state index contributed by atoms with van der Waals surface area (Å²) in [6.07, 6.45) is 6.18. The van der Waals surface area contributed by atoms with Crippen LogP contribution < -0.4 is 9.47 Å². The normalized spacial score (nSPS) is 19.4. The van der Waals surface area contributed by atoms with Crippen molar-refractivity contribution in [2.24, 2.45) is 11.8 Å². The molecule has 0 aliphatic carbocycles. The molecule has 2 aromatic rings. The molecule has 0 bridgehead atoms. The predicted octanol–water partition coefficient (Wildman–Crippen LogP) is 4.78. The van der Waals surface area contributed by atoms with E-state index in [0.717, 1.165) is 68.1 Å². The molecule has 1 unspecified atom stereocenters. The summed E-state index contributed by atoms with van der Waals surface area (Å²) in [6, 6.07) is 5.93. The Bertz CT molecular complexity index is 955. The lowest BCUT2D eigenvalue weighted by molar-refractivity contribution is 0.0151. The molecule has 0 saturated carbocycles. The maximum Gasteiger partial charge on any atom is 0.410 e. The van der Waals surface area contributed by atoms with Crippen molar-refractivity contribution in [1.82, 2.24) is 14.5 Å². The number of piperidine rings is 1. The number of ether oxygens (including phenoxy) is 3. The van der Waals surface area contributed by atoms with E-state index in [9.17, 15) is 4.79 Å². The van der Waals surface area contributed by atoms with Gasteiger partial charge in [0.05, 0.1) is 19.9 Å². The first-order chi connectivity index (χ1) is 15.3. The van der Waals surface area contributed by atoms with Crippen LogP contribution in [0.2, 0.25) is 0 Å². The highest BCUT2D eigenvalue weighted by molar-refractivity contribution is 5.68. The standard InChI is InChI=1S/C25H35N3O4/c1-25(2,3)32-24(29)27-11-8-17(9-12-27)18-10-13-28-16-20(26-23(28)15-18)19-6-7-21(30-4)22(14-19)31-5/h6-7,14,16-18H,8-13,15H2,1-5H3. The van der Waals surface area contributed by atoms with Crippen molar-refractivity contribution in [1.29, 1.82) is 0 Å². The van der Waals surface area contributed by atoms with Gasteiger partial charge in [0, 0.05) is 37.8 Å². The Kier molecular flexibility index (Phi) is 6.35. The lowest BCUT2D eigenvalue weighted by atomic mass is 9.79. The first-order valence-electron chi connectivity index (χ1n) is 11.5. The summed E-state index contributed by atoms with van der Waals surface area (Å²) in [5.41, 5.74) is 1.56. The van der Waals surface area contributed by atoms with E-state index in [-0.39, 0.29) is 6.09 Å². The highest BCUT2D eigenvalue weighted by Crippen LogP contribution is 2.36. The molecule has 1 aromatic carbocycles. The number of benzene rings is 1. The number of methoxy groups -OCH3 is 2. The number of aryl methyl sites for hydroxylation is 1. The number of aromatic nitrogens is 2. The smallest absolute Gasteiger partial charge is 0.410 e. The lowest BCUT2D eigenvalue weighted by Gasteiger charge is -2.38.